The highest BCUT2D eigenvalue weighted by molar-refractivity contribution is 5.34. The van der Waals surface area contributed by atoms with Crippen LogP contribution in [0, 0.1) is 11.7 Å². The van der Waals surface area contributed by atoms with Gasteiger partial charge in [0.15, 0.2) is 0 Å². The van der Waals surface area contributed by atoms with Gasteiger partial charge in [-0.15, -0.1) is 0 Å². The number of benzene rings is 1. The molecule has 19 heavy (non-hydrogen) atoms. The van der Waals surface area contributed by atoms with E-state index in [1.165, 1.54) is 31.0 Å². The molecule has 1 fully saturated rings. The van der Waals surface area contributed by atoms with Crippen LogP contribution >= 0.6 is 0 Å². The molecule has 1 saturated heterocycles. The zero-order valence-corrected chi connectivity index (χ0v) is 11.7. The average molecular weight is 266 g/mol. The van der Waals surface area contributed by atoms with Crippen LogP contribution in [0.15, 0.2) is 18.2 Å². The van der Waals surface area contributed by atoms with E-state index < -0.39 is 0 Å². The van der Waals surface area contributed by atoms with Crippen molar-refractivity contribution in [1.29, 1.82) is 0 Å². The molecular weight excluding hydrogens is 243 g/mol. The summed E-state index contributed by atoms with van der Waals surface area (Å²) in [5, 5.41) is 13.2. The largest absolute Gasteiger partial charge is 0.508 e. The Kier molecular flexibility index (Phi) is 4.77. The average Bonchev–Trinajstić information content (AvgIpc) is 2.42. The predicted molar refractivity (Wildman–Crippen MR) is 74.7 cm³/mol. The molecule has 0 aromatic heterocycles. The Morgan fingerprint density at radius 3 is 2.79 bits per heavy atom. The number of halogens is 1. The summed E-state index contributed by atoms with van der Waals surface area (Å²) in [7, 11) is 2.04. The van der Waals surface area contributed by atoms with Gasteiger partial charge < -0.3 is 10.4 Å². The minimum atomic E-state index is -0.296. The maximum absolute atomic E-state index is 13.3. The van der Waals surface area contributed by atoms with E-state index in [2.05, 4.69) is 10.2 Å². The molecule has 1 aliphatic rings. The lowest BCUT2D eigenvalue weighted by Crippen LogP contribution is -2.35. The van der Waals surface area contributed by atoms with Crippen molar-refractivity contribution in [3.8, 4) is 5.75 Å². The third-order valence-electron chi connectivity index (χ3n) is 4.11. The van der Waals surface area contributed by atoms with Crippen LogP contribution in [-0.2, 0) is 0 Å². The number of nitrogens with zero attached hydrogens (tertiary/aromatic N) is 1. The fourth-order valence-electron chi connectivity index (χ4n) is 2.73. The van der Waals surface area contributed by atoms with Gasteiger partial charge >= 0.3 is 0 Å². The van der Waals surface area contributed by atoms with E-state index in [4.69, 9.17) is 0 Å². The van der Waals surface area contributed by atoms with E-state index >= 15 is 0 Å². The number of rotatable bonds is 4. The van der Waals surface area contributed by atoms with Gasteiger partial charge in [-0.2, -0.15) is 0 Å². The van der Waals surface area contributed by atoms with Gasteiger partial charge in [-0.05, 0) is 64.0 Å². The molecule has 4 heteroatoms. The summed E-state index contributed by atoms with van der Waals surface area (Å²) in [6.07, 6.45) is 2.37. The third kappa shape index (κ3) is 3.67. The van der Waals surface area contributed by atoms with Crippen molar-refractivity contribution in [3.05, 3.63) is 29.6 Å². The number of phenolic OH excluding ortho intramolecular Hbond substituents is 1. The van der Waals surface area contributed by atoms with Crippen molar-refractivity contribution < 1.29 is 9.50 Å². The predicted octanol–water partition coefficient (Wildman–Crippen LogP) is 2.52. The minimum absolute atomic E-state index is 0.0191. The lowest BCUT2D eigenvalue weighted by Gasteiger charge is -2.31. The Balaban J connectivity index is 2.01. The third-order valence-corrected chi connectivity index (χ3v) is 4.11. The van der Waals surface area contributed by atoms with Gasteiger partial charge in [-0.3, -0.25) is 4.90 Å². The number of piperidine rings is 1. The molecule has 0 aliphatic carbocycles. The first-order valence-electron chi connectivity index (χ1n) is 6.97. The fraction of sp³-hybridized carbons (Fsp3) is 0.600. The first kappa shape index (κ1) is 14.3. The SMILES string of the molecule is CC(c1cc(F)ccc1O)N(C)CC1CCNCC1. The molecule has 1 unspecified atom stereocenters. The maximum Gasteiger partial charge on any atom is 0.123 e. The molecule has 0 bridgehead atoms. The normalized spacial score (nSPS) is 18.7. The van der Waals surface area contributed by atoms with Gasteiger partial charge in [-0.25, -0.2) is 4.39 Å². The summed E-state index contributed by atoms with van der Waals surface area (Å²) in [5.74, 6) is 0.561. The Morgan fingerprint density at radius 1 is 1.42 bits per heavy atom. The number of nitrogens with one attached hydrogen (secondary N) is 1. The second-order valence-corrected chi connectivity index (χ2v) is 5.51. The second-order valence-electron chi connectivity index (χ2n) is 5.51. The van der Waals surface area contributed by atoms with E-state index in [9.17, 15) is 9.50 Å². The Hall–Kier alpha value is -1.13. The first-order chi connectivity index (χ1) is 9.08. The van der Waals surface area contributed by atoms with Crippen LogP contribution in [0.4, 0.5) is 4.39 Å². The highest BCUT2D eigenvalue weighted by Gasteiger charge is 2.20. The van der Waals surface area contributed by atoms with Crippen molar-refractivity contribution in [2.45, 2.75) is 25.8 Å². The van der Waals surface area contributed by atoms with Crippen LogP contribution in [0.5, 0.6) is 5.75 Å². The van der Waals surface area contributed by atoms with E-state index in [1.54, 1.807) is 0 Å². The summed E-state index contributed by atoms with van der Waals surface area (Å²) in [5.41, 5.74) is 0.663. The van der Waals surface area contributed by atoms with Gasteiger partial charge in [0.1, 0.15) is 11.6 Å². The van der Waals surface area contributed by atoms with Crippen molar-refractivity contribution in [3.63, 3.8) is 0 Å². The quantitative estimate of drug-likeness (QED) is 0.879. The smallest absolute Gasteiger partial charge is 0.123 e. The van der Waals surface area contributed by atoms with E-state index in [-0.39, 0.29) is 17.6 Å². The second kappa shape index (κ2) is 6.35. The molecular formula is C15H23FN2O. The summed E-state index contributed by atoms with van der Waals surface area (Å²) >= 11 is 0. The van der Waals surface area contributed by atoms with Gasteiger partial charge in [-0.1, -0.05) is 0 Å². The van der Waals surface area contributed by atoms with Crippen LogP contribution in [0.3, 0.4) is 0 Å². The summed E-state index contributed by atoms with van der Waals surface area (Å²) in [6.45, 7) is 5.16. The summed E-state index contributed by atoms with van der Waals surface area (Å²) in [6, 6.07) is 4.17. The number of hydrogen-bond donors (Lipinski definition) is 2. The Labute approximate surface area is 114 Å². The van der Waals surface area contributed by atoms with Crippen LogP contribution in [-0.4, -0.2) is 36.7 Å². The molecule has 0 spiro atoms. The number of phenols is 1. The molecule has 2 rings (SSSR count). The minimum Gasteiger partial charge on any atom is -0.508 e. The van der Waals surface area contributed by atoms with Crippen molar-refractivity contribution >= 4 is 0 Å². The molecule has 106 valence electrons. The highest BCUT2D eigenvalue weighted by Crippen LogP contribution is 2.29. The molecule has 1 aromatic carbocycles. The summed E-state index contributed by atoms with van der Waals surface area (Å²) < 4.78 is 13.3. The topological polar surface area (TPSA) is 35.5 Å². The van der Waals surface area contributed by atoms with Gasteiger partial charge in [0.2, 0.25) is 0 Å². The van der Waals surface area contributed by atoms with Crippen molar-refractivity contribution in [2.75, 3.05) is 26.7 Å². The molecule has 3 nitrogen and oxygen atoms in total. The molecule has 2 N–H and O–H groups in total. The molecule has 0 amide bonds. The van der Waals surface area contributed by atoms with Crippen LogP contribution in [0.25, 0.3) is 0 Å². The summed E-state index contributed by atoms with van der Waals surface area (Å²) in [4.78, 5) is 2.20. The van der Waals surface area contributed by atoms with Crippen LogP contribution in [0.1, 0.15) is 31.4 Å². The number of aromatic hydroxyl groups is 1. The van der Waals surface area contributed by atoms with Crippen LogP contribution in [0.2, 0.25) is 0 Å². The zero-order chi connectivity index (χ0) is 13.8. The highest BCUT2D eigenvalue weighted by atomic mass is 19.1. The monoisotopic (exact) mass is 266 g/mol. The molecule has 1 atom stereocenters. The standard InChI is InChI=1S/C15H23FN2O/c1-11(14-9-13(16)3-4-15(14)19)18(2)10-12-5-7-17-8-6-12/h3-4,9,11-12,17,19H,5-8,10H2,1-2H3. The molecule has 0 saturated carbocycles. The molecule has 1 heterocycles. The first-order valence-corrected chi connectivity index (χ1v) is 6.97. The fourth-order valence-corrected chi connectivity index (χ4v) is 2.73. The molecule has 1 aliphatic heterocycles. The van der Waals surface area contributed by atoms with Crippen molar-refractivity contribution in [2.24, 2.45) is 5.92 Å². The van der Waals surface area contributed by atoms with Gasteiger partial charge in [0.05, 0.1) is 0 Å². The van der Waals surface area contributed by atoms with Crippen LogP contribution < -0.4 is 5.32 Å². The van der Waals surface area contributed by atoms with E-state index in [0.717, 1.165) is 19.6 Å². The lowest BCUT2D eigenvalue weighted by atomic mass is 9.96. The molecule has 0 radical (unpaired) electrons. The maximum atomic E-state index is 13.3. The van der Waals surface area contributed by atoms with Gasteiger partial charge in [0.25, 0.3) is 0 Å². The van der Waals surface area contributed by atoms with E-state index in [0.29, 0.717) is 11.5 Å². The van der Waals surface area contributed by atoms with Gasteiger partial charge in [0, 0.05) is 18.2 Å². The lowest BCUT2D eigenvalue weighted by molar-refractivity contribution is 0.194. The Bertz CT molecular complexity index is 419. The number of hydrogen-bond acceptors (Lipinski definition) is 3. The van der Waals surface area contributed by atoms with Crippen molar-refractivity contribution in [1.82, 2.24) is 10.2 Å². The van der Waals surface area contributed by atoms with E-state index in [1.807, 2.05) is 14.0 Å². The zero-order valence-electron chi connectivity index (χ0n) is 11.7. The molecule has 1 aromatic rings. The Morgan fingerprint density at radius 2 is 2.11 bits per heavy atom.